The predicted molar refractivity (Wildman–Crippen MR) is 91.5 cm³/mol. The summed E-state index contributed by atoms with van der Waals surface area (Å²) in [4.78, 5) is 26.9. The van der Waals surface area contributed by atoms with Crippen molar-refractivity contribution in [1.29, 1.82) is 0 Å². The molecule has 7 heteroatoms. The van der Waals surface area contributed by atoms with Crippen LogP contribution in [0.5, 0.6) is 0 Å². The van der Waals surface area contributed by atoms with Crippen LogP contribution in [0, 0.1) is 6.92 Å². The fourth-order valence-corrected chi connectivity index (χ4v) is 2.49. The molecule has 1 amide bonds. The molecule has 0 saturated heterocycles. The van der Waals surface area contributed by atoms with E-state index in [2.05, 4.69) is 20.1 Å². The van der Waals surface area contributed by atoms with Crippen LogP contribution < -0.4 is 0 Å². The van der Waals surface area contributed by atoms with Gasteiger partial charge in [0, 0.05) is 36.5 Å². The van der Waals surface area contributed by atoms with Crippen molar-refractivity contribution in [2.75, 3.05) is 0 Å². The number of aryl methyl sites for hydroxylation is 1. The average molecular weight is 337 g/mol. The molecule has 0 atom stereocenters. The number of nitrogens with zero attached hydrogens (tertiary/aromatic N) is 5. The van der Waals surface area contributed by atoms with E-state index >= 15 is 0 Å². The highest BCUT2D eigenvalue weighted by atomic mass is 16.5. The molecule has 0 aliphatic heterocycles. The second kappa shape index (κ2) is 7.21. The van der Waals surface area contributed by atoms with Gasteiger partial charge in [0.05, 0.1) is 6.54 Å². The molecule has 0 bridgehead atoms. The molecule has 0 aliphatic rings. The highest BCUT2D eigenvalue weighted by molar-refractivity contribution is 5.95. The molecular weight excluding hydrogens is 318 g/mol. The molecule has 1 aromatic carbocycles. The van der Waals surface area contributed by atoms with Crippen molar-refractivity contribution in [2.24, 2.45) is 0 Å². The Kier molecular flexibility index (Phi) is 4.83. The monoisotopic (exact) mass is 337 g/mol. The van der Waals surface area contributed by atoms with E-state index in [4.69, 9.17) is 4.52 Å². The van der Waals surface area contributed by atoms with Crippen LogP contribution in [0.4, 0.5) is 0 Å². The molecule has 7 nitrogen and oxygen atoms in total. The van der Waals surface area contributed by atoms with E-state index in [9.17, 15) is 4.79 Å². The van der Waals surface area contributed by atoms with Gasteiger partial charge in [0.1, 0.15) is 6.33 Å². The Morgan fingerprint density at radius 2 is 1.96 bits per heavy atom. The summed E-state index contributed by atoms with van der Waals surface area (Å²) in [6, 6.07) is 7.42. The lowest BCUT2D eigenvalue weighted by Gasteiger charge is -2.25. The van der Waals surface area contributed by atoms with E-state index in [1.165, 1.54) is 6.33 Å². The van der Waals surface area contributed by atoms with Gasteiger partial charge in [-0.05, 0) is 31.5 Å². The Hall–Kier alpha value is -3.09. The van der Waals surface area contributed by atoms with Gasteiger partial charge in [-0.2, -0.15) is 4.98 Å². The number of carbonyl (C=O) groups is 1. The third-order valence-corrected chi connectivity index (χ3v) is 3.77. The first-order valence-electron chi connectivity index (χ1n) is 8.00. The number of hydrogen-bond donors (Lipinski definition) is 0. The van der Waals surface area contributed by atoms with E-state index in [0.717, 1.165) is 11.1 Å². The van der Waals surface area contributed by atoms with Crippen LogP contribution in [0.2, 0.25) is 0 Å². The Bertz CT molecular complexity index is 861. The fourth-order valence-electron chi connectivity index (χ4n) is 2.49. The zero-order valence-corrected chi connectivity index (χ0v) is 14.4. The quantitative estimate of drug-likeness (QED) is 0.711. The molecule has 2 aromatic heterocycles. The number of carbonyl (C=O) groups excluding carboxylic acids is 1. The summed E-state index contributed by atoms with van der Waals surface area (Å²) < 4.78 is 4.99. The molecule has 3 rings (SSSR count). The normalized spacial score (nSPS) is 10.9. The van der Waals surface area contributed by atoms with Gasteiger partial charge in [0.15, 0.2) is 5.82 Å². The zero-order valence-electron chi connectivity index (χ0n) is 14.4. The lowest BCUT2D eigenvalue weighted by atomic mass is 10.0. The van der Waals surface area contributed by atoms with Gasteiger partial charge < -0.3 is 9.42 Å². The molecule has 128 valence electrons. The minimum Gasteiger partial charge on any atom is -0.340 e. The SMILES string of the molecule is Cc1nc(CN(C(=O)c2cccc(-c3cncnc3)c2)C(C)C)no1. The summed E-state index contributed by atoms with van der Waals surface area (Å²) >= 11 is 0. The average Bonchev–Trinajstić information content (AvgIpc) is 3.05. The molecule has 0 spiro atoms. The summed E-state index contributed by atoms with van der Waals surface area (Å²) in [6.07, 6.45) is 4.92. The second-order valence-corrected chi connectivity index (χ2v) is 5.96. The van der Waals surface area contributed by atoms with Crippen molar-refractivity contribution in [3.63, 3.8) is 0 Å². The molecule has 2 heterocycles. The Morgan fingerprint density at radius 3 is 2.60 bits per heavy atom. The van der Waals surface area contributed by atoms with Crippen molar-refractivity contribution >= 4 is 5.91 Å². The first-order valence-corrected chi connectivity index (χ1v) is 8.00. The van der Waals surface area contributed by atoms with E-state index in [-0.39, 0.29) is 11.9 Å². The van der Waals surface area contributed by atoms with E-state index < -0.39 is 0 Å². The predicted octanol–water partition coefficient (Wildman–Crippen LogP) is 2.89. The molecule has 0 unspecified atom stereocenters. The topological polar surface area (TPSA) is 85.0 Å². The Morgan fingerprint density at radius 1 is 1.20 bits per heavy atom. The molecule has 0 N–H and O–H groups in total. The Balaban J connectivity index is 1.87. The van der Waals surface area contributed by atoms with Gasteiger partial charge in [0.25, 0.3) is 5.91 Å². The van der Waals surface area contributed by atoms with Gasteiger partial charge in [-0.15, -0.1) is 0 Å². The molecule has 0 radical (unpaired) electrons. The van der Waals surface area contributed by atoms with Crippen molar-refractivity contribution in [3.05, 3.63) is 60.3 Å². The standard InChI is InChI=1S/C18H19N5O2/c1-12(2)23(10-17-21-13(3)25-22-17)18(24)15-6-4-5-14(7-15)16-8-19-11-20-9-16/h4-9,11-12H,10H2,1-3H3. The third-order valence-electron chi connectivity index (χ3n) is 3.77. The molecule has 3 aromatic rings. The van der Waals surface area contributed by atoms with Crippen LogP contribution in [-0.4, -0.2) is 37.0 Å². The van der Waals surface area contributed by atoms with Crippen molar-refractivity contribution in [2.45, 2.75) is 33.4 Å². The maximum atomic E-state index is 13.0. The van der Waals surface area contributed by atoms with E-state index in [0.29, 0.717) is 23.8 Å². The highest BCUT2D eigenvalue weighted by Gasteiger charge is 2.21. The summed E-state index contributed by atoms with van der Waals surface area (Å²) in [5.41, 5.74) is 2.35. The van der Waals surface area contributed by atoms with Gasteiger partial charge in [-0.3, -0.25) is 4.79 Å². The van der Waals surface area contributed by atoms with Gasteiger partial charge in [0.2, 0.25) is 5.89 Å². The first-order chi connectivity index (χ1) is 12.0. The second-order valence-electron chi connectivity index (χ2n) is 5.96. The third kappa shape index (κ3) is 3.88. The first kappa shape index (κ1) is 16.8. The highest BCUT2D eigenvalue weighted by Crippen LogP contribution is 2.20. The van der Waals surface area contributed by atoms with Gasteiger partial charge in [-0.25, -0.2) is 9.97 Å². The smallest absolute Gasteiger partial charge is 0.254 e. The van der Waals surface area contributed by atoms with Crippen LogP contribution in [0.25, 0.3) is 11.1 Å². The lowest BCUT2D eigenvalue weighted by Crippen LogP contribution is -2.36. The van der Waals surface area contributed by atoms with Crippen LogP contribution >= 0.6 is 0 Å². The Labute approximate surface area is 145 Å². The summed E-state index contributed by atoms with van der Waals surface area (Å²) in [6.45, 7) is 5.94. The summed E-state index contributed by atoms with van der Waals surface area (Å²) in [7, 11) is 0. The van der Waals surface area contributed by atoms with E-state index in [1.807, 2.05) is 32.0 Å². The number of benzene rings is 1. The van der Waals surface area contributed by atoms with Crippen LogP contribution in [-0.2, 0) is 6.54 Å². The molecule has 0 fully saturated rings. The van der Waals surface area contributed by atoms with Gasteiger partial charge >= 0.3 is 0 Å². The minimum absolute atomic E-state index is 0.00461. The number of amides is 1. The maximum absolute atomic E-state index is 13.0. The molecule has 0 aliphatic carbocycles. The maximum Gasteiger partial charge on any atom is 0.254 e. The fraction of sp³-hybridized carbons (Fsp3) is 0.278. The van der Waals surface area contributed by atoms with Crippen molar-refractivity contribution in [1.82, 2.24) is 25.0 Å². The summed E-state index contributed by atoms with van der Waals surface area (Å²) in [5, 5.41) is 3.88. The lowest BCUT2D eigenvalue weighted by molar-refractivity contribution is 0.0683. The minimum atomic E-state index is -0.0869. The largest absolute Gasteiger partial charge is 0.340 e. The van der Waals surface area contributed by atoms with Crippen LogP contribution in [0.15, 0.2) is 47.5 Å². The summed E-state index contributed by atoms with van der Waals surface area (Å²) in [5.74, 6) is 0.889. The number of rotatable bonds is 5. The van der Waals surface area contributed by atoms with Gasteiger partial charge in [-0.1, -0.05) is 17.3 Å². The van der Waals surface area contributed by atoms with Crippen molar-refractivity contribution in [3.8, 4) is 11.1 Å². The molecule has 0 saturated carbocycles. The number of hydrogen-bond acceptors (Lipinski definition) is 6. The molecule has 25 heavy (non-hydrogen) atoms. The molecular formula is C18H19N5O2. The van der Waals surface area contributed by atoms with E-state index in [1.54, 1.807) is 30.3 Å². The zero-order chi connectivity index (χ0) is 17.8. The van der Waals surface area contributed by atoms with Crippen LogP contribution in [0.1, 0.15) is 35.9 Å². The number of aromatic nitrogens is 4. The van der Waals surface area contributed by atoms with Crippen molar-refractivity contribution < 1.29 is 9.32 Å². The van der Waals surface area contributed by atoms with Crippen LogP contribution in [0.3, 0.4) is 0 Å².